The number of amides is 1. The van der Waals surface area contributed by atoms with Crippen molar-refractivity contribution >= 4 is 5.91 Å². The van der Waals surface area contributed by atoms with Crippen LogP contribution in [0.3, 0.4) is 0 Å². The van der Waals surface area contributed by atoms with Gasteiger partial charge in [-0.3, -0.25) is 4.79 Å². The Bertz CT molecular complexity index is 394. The van der Waals surface area contributed by atoms with E-state index in [4.69, 9.17) is 5.73 Å². The molecule has 0 aromatic heterocycles. The van der Waals surface area contributed by atoms with Gasteiger partial charge in [-0.1, -0.05) is 30.3 Å². The van der Waals surface area contributed by atoms with Gasteiger partial charge in [-0.25, -0.2) is 0 Å². The van der Waals surface area contributed by atoms with Crippen LogP contribution in [0.15, 0.2) is 30.3 Å². The van der Waals surface area contributed by atoms with E-state index in [9.17, 15) is 4.79 Å². The number of primary amides is 1. The van der Waals surface area contributed by atoms with E-state index in [1.54, 1.807) is 7.05 Å². The van der Waals surface area contributed by atoms with Gasteiger partial charge in [0.05, 0.1) is 5.54 Å². The van der Waals surface area contributed by atoms with Crippen LogP contribution < -0.4 is 11.1 Å². The zero-order chi connectivity index (χ0) is 14.3. The second kappa shape index (κ2) is 7.26. The summed E-state index contributed by atoms with van der Waals surface area (Å²) >= 11 is 0. The van der Waals surface area contributed by atoms with E-state index >= 15 is 0 Å². The Balaban J connectivity index is 2.35. The van der Waals surface area contributed by atoms with Gasteiger partial charge >= 0.3 is 0 Å². The third kappa shape index (κ3) is 5.01. The van der Waals surface area contributed by atoms with Crippen LogP contribution in [0.2, 0.25) is 0 Å². The molecule has 0 aliphatic rings. The predicted molar refractivity (Wildman–Crippen MR) is 78.9 cm³/mol. The quantitative estimate of drug-likeness (QED) is 0.736. The monoisotopic (exact) mass is 263 g/mol. The molecule has 0 spiro atoms. The lowest BCUT2D eigenvalue weighted by molar-refractivity contribution is -0.124. The zero-order valence-electron chi connectivity index (χ0n) is 12.1. The second-order valence-corrected chi connectivity index (χ2v) is 5.24. The number of hydrogen-bond donors (Lipinski definition) is 2. The summed E-state index contributed by atoms with van der Waals surface area (Å²) in [4.78, 5) is 13.6. The molecule has 1 aromatic rings. The van der Waals surface area contributed by atoms with Crippen LogP contribution in [0.25, 0.3) is 0 Å². The normalized spacial score (nSPS) is 14.3. The molecule has 0 saturated carbocycles. The van der Waals surface area contributed by atoms with Gasteiger partial charge in [-0.05, 0) is 39.4 Å². The summed E-state index contributed by atoms with van der Waals surface area (Å²) in [6.45, 7) is 3.66. The Morgan fingerprint density at radius 1 is 1.32 bits per heavy atom. The lowest BCUT2D eigenvalue weighted by Gasteiger charge is -2.28. The fraction of sp³-hybridized carbons (Fsp3) is 0.533. The summed E-state index contributed by atoms with van der Waals surface area (Å²) in [5.74, 6) is -0.300. The molecular formula is C15H25N3O. The van der Waals surface area contributed by atoms with Gasteiger partial charge < -0.3 is 16.0 Å². The minimum Gasteiger partial charge on any atom is -0.368 e. The highest BCUT2D eigenvalue weighted by molar-refractivity contribution is 5.84. The first kappa shape index (κ1) is 15.7. The molecule has 1 amide bonds. The molecule has 1 atom stereocenters. The largest absolute Gasteiger partial charge is 0.368 e. The molecule has 0 fully saturated rings. The molecule has 0 heterocycles. The average Bonchev–Trinajstić information content (AvgIpc) is 2.43. The van der Waals surface area contributed by atoms with Gasteiger partial charge in [0.2, 0.25) is 5.91 Å². The molecule has 1 aromatic carbocycles. The number of rotatable bonds is 8. The van der Waals surface area contributed by atoms with Crippen LogP contribution >= 0.6 is 0 Å². The Labute approximate surface area is 116 Å². The first-order chi connectivity index (χ1) is 8.98. The third-order valence-electron chi connectivity index (χ3n) is 3.71. The van der Waals surface area contributed by atoms with Gasteiger partial charge in [-0.15, -0.1) is 0 Å². The maximum Gasteiger partial charge on any atom is 0.237 e. The van der Waals surface area contributed by atoms with Crippen LogP contribution in [0.5, 0.6) is 0 Å². The highest BCUT2D eigenvalue weighted by atomic mass is 16.1. The number of nitrogens with two attached hydrogens (primary N) is 1. The van der Waals surface area contributed by atoms with Gasteiger partial charge in [-0.2, -0.15) is 0 Å². The molecular weight excluding hydrogens is 238 g/mol. The van der Waals surface area contributed by atoms with Crippen molar-refractivity contribution in [2.45, 2.75) is 25.3 Å². The fourth-order valence-electron chi connectivity index (χ4n) is 1.86. The number of likely N-dealkylation sites (N-methyl/N-ethyl adjacent to an activating group) is 2. The maximum atomic E-state index is 11.4. The molecule has 1 unspecified atom stereocenters. The second-order valence-electron chi connectivity index (χ2n) is 5.24. The number of hydrogen-bond acceptors (Lipinski definition) is 3. The highest BCUT2D eigenvalue weighted by Gasteiger charge is 2.28. The van der Waals surface area contributed by atoms with Crippen molar-refractivity contribution in [3.8, 4) is 0 Å². The van der Waals surface area contributed by atoms with E-state index in [0.29, 0.717) is 6.42 Å². The first-order valence-electron chi connectivity index (χ1n) is 6.69. The minimum atomic E-state index is -0.624. The molecule has 3 N–H and O–H groups in total. The molecule has 0 saturated heterocycles. The number of benzene rings is 1. The lowest BCUT2D eigenvalue weighted by Crippen LogP contribution is -2.53. The summed E-state index contributed by atoms with van der Waals surface area (Å²) in [5, 5.41) is 3.01. The fourth-order valence-corrected chi connectivity index (χ4v) is 1.86. The Hall–Kier alpha value is -1.39. The smallest absolute Gasteiger partial charge is 0.237 e. The Morgan fingerprint density at radius 3 is 2.47 bits per heavy atom. The Morgan fingerprint density at radius 2 is 1.95 bits per heavy atom. The molecule has 19 heavy (non-hydrogen) atoms. The van der Waals surface area contributed by atoms with Gasteiger partial charge in [0.1, 0.15) is 0 Å². The van der Waals surface area contributed by atoms with Crippen molar-refractivity contribution in [1.82, 2.24) is 10.2 Å². The SMILES string of the molecule is CNC(C)(CCN(C)CCc1ccccc1)C(N)=O. The van der Waals surface area contributed by atoms with E-state index in [1.807, 2.05) is 13.0 Å². The molecule has 4 nitrogen and oxygen atoms in total. The van der Waals surface area contributed by atoms with E-state index in [0.717, 1.165) is 19.5 Å². The van der Waals surface area contributed by atoms with Crippen LogP contribution in [0, 0.1) is 0 Å². The van der Waals surface area contributed by atoms with Crippen molar-refractivity contribution in [2.24, 2.45) is 5.73 Å². The van der Waals surface area contributed by atoms with E-state index in [1.165, 1.54) is 5.56 Å². The van der Waals surface area contributed by atoms with E-state index < -0.39 is 5.54 Å². The van der Waals surface area contributed by atoms with Crippen molar-refractivity contribution in [2.75, 3.05) is 27.2 Å². The molecule has 1 rings (SSSR count). The van der Waals surface area contributed by atoms with Gasteiger partial charge in [0, 0.05) is 13.1 Å². The van der Waals surface area contributed by atoms with E-state index in [2.05, 4.69) is 41.5 Å². The van der Waals surface area contributed by atoms with Gasteiger partial charge in [0.25, 0.3) is 0 Å². The molecule has 0 aliphatic heterocycles. The highest BCUT2D eigenvalue weighted by Crippen LogP contribution is 2.09. The molecule has 4 heteroatoms. The molecule has 106 valence electrons. The van der Waals surface area contributed by atoms with Crippen molar-refractivity contribution in [3.05, 3.63) is 35.9 Å². The minimum absolute atomic E-state index is 0.300. The number of nitrogens with zero attached hydrogens (tertiary/aromatic N) is 1. The lowest BCUT2D eigenvalue weighted by atomic mass is 9.97. The van der Waals surface area contributed by atoms with Crippen molar-refractivity contribution < 1.29 is 4.79 Å². The topological polar surface area (TPSA) is 58.4 Å². The van der Waals surface area contributed by atoms with Crippen LogP contribution in [0.4, 0.5) is 0 Å². The van der Waals surface area contributed by atoms with Crippen LogP contribution in [-0.4, -0.2) is 43.5 Å². The van der Waals surface area contributed by atoms with Crippen molar-refractivity contribution in [3.63, 3.8) is 0 Å². The predicted octanol–water partition coefficient (Wildman–Crippen LogP) is 1.01. The average molecular weight is 263 g/mol. The summed E-state index contributed by atoms with van der Waals surface area (Å²) in [5.41, 5.74) is 6.12. The van der Waals surface area contributed by atoms with Crippen LogP contribution in [-0.2, 0) is 11.2 Å². The maximum absolute atomic E-state index is 11.4. The zero-order valence-corrected chi connectivity index (χ0v) is 12.1. The summed E-state index contributed by atoms with van der Waals surface area (Å²) in [7, 11) is 3.84. The number of carbonyl (C=O) groups is 1. The summed E-state index contributed by atoms with van der Waals surface area (Å²) in [6.07, 6.45) is 1.73. The number of carbonyl (C=O) groups excluding carboxylic acids is 1. The van der Waals surface area contributed by atoms with E-state index in [-0.39, 0.29) is 5.91 Å². The summed E-state index contributed by atoms with van der Waals surface area (Å²) in [6, 6.07) is 10.4. The first-order valence-corrected chi connectivity index (χ1v) is 6.69. The molecule has 0 aliphatic carbocycles. The third-order valence-corrected chi connectivity index (χ3v) is 3.71. The number of nitrogens with one attached hydrogen (secondary N) is 1. The van der Waals surface area contributed by atoms with Crippen molar-refractivity contribution in [1.29, 1.82) is 0 Å². The Kier molecular flexibility index (Phi) is 5.99. The van der Waals surface area contributed by atoms with Gasteiger partial charge in [0.15, 0.2) is 0 Å². The van der Waals surface area contributed by atoms with Crippen LogP contribution in [0.1, 0.15) is 18.9 Å². The molecule has 0 radical (unpaired) electrons. The summed E-state index contributed by atoms with van der Waals surface area (Å²) < 4.78 is 0. The molecule has 0 bridgehead atoms. The standard InChI is InChI=1S/C15H25N3O/c1-15(17-2,14(16)19)10-12-18(3)11-9-13-7-5-4-6-8-13/h4-8,17H,9-12H2,1-3H3,(H2,16,19).